The number of nitrogens with one attached hydrogen (secondary N) is 2. The van der Waals surface area contributed by atoms with E-state index in [1.54, 1.807) is 0 Å². The molecule has 0 saturated heterocycles. The van der Waals surface area contributed by atoms with Crippen molar-refractivity contribution < 1.29 is 9.53 Å². The largest absolute Gasteiger partial charge is 0.444 e. The third kappa shape index (κ3) is 8.05. The lowest BCUT2D eigenvalue weighted by molar-refractivity contribution is 0.0468. The van der Waals surface area contributed by atoms with Crippen molar-refractivity contribution >= 4 is 6.09 Å². The van der Waals surface area contributed by atoms with Gasteiger partial charge in [0.05, 0.1) is 5.54 Å². The molecule has 23 heavy (non-hydrogen) atoms. The highest BCUT2D eigenvalue weighted by Crippen LogP contribution is 2.37. The Morgan fingerprint density at radius 2 is 1.48 bits per heavy atom. The fourth-order valence-electron chi connectivity index (χ4n) is 3.19. The van der Waals surface area contributed by atoms with Crippen molar-refractivity contribution in [1.82, 2.24) is 10.6 Å². The molecule has 0 aliphatic heterocycles. The topological polar surface area (TPSA) is 50.4 Å². The van der Waals surface area contributed by atoms with Gasteiger partial charge in [-0.2, -0.15) is 0 Å². The Balaban J connectivity index is 2.35. The molecule has 0 bridgehead atoms. The number of amides is 1. The number of alkyl carbamates (subject to hydrolysis) is 1. The highest BCUT2D eigenvalue weighted by molar-refractivity contribution is 5.68. The van der Waals surface area contributed by atoms with Crippen molar-refractivity contribution in [3.8, 4) is 0 Å². The minimum Gasteiger partial charge on any atom is -0.444 e. The summed E-state index contributed by atoms with van der Waals surface area (Å²) in [7, 11) is 0. The fraction of sp³-hybridized carbons (Fsp3) is 0.947. The average molecular weight is 327 g/mol. The van der Waals surface area contributed by atoms with Gasteiger partial charge in [0.1, 0.15) is 5.60 Å². The third-order valence-corrected chi connectivity index (χ3v) is 4.62. The maximum Gasteiger partial charge on any atom is 0.408 e. The second-order valence-electron chi connectivity index (χ2n) is 9.81. The lowest BCUT2D eigenvalue weighted by Crippen LogP contribution is -2.53. The molecule has 0 atom stereocenters. The van der Waals surface area contributed by atoms with Gasteiger partial charge in [0.15, 0.2) is 0 Å². The van der Waals surface area contributed by atoms with Crippen LogP contribution < -0.4 is 10.6 Å². The van der Waals surface area contributed by atoms with Gasteiger partial charge in [-0.1, -0.05) is 20.8 Å². The van der Waals surface area contributed by atoms with E-state index in [1.807, 2.05) is 34.6 Å². The molecule has 0 aromatic rings. The molecule has 0 radical (unpaired) electrons. The van der Waals surface area contributed by atoms with Gasteiger partial charge < -0.3 is 15.4 Å². The van der Waals surface area contributed by atoms with Gasteiger partial charge in [-0.15, -0.1) is 0 Å². The molecule has 1 aliphatic carbocycles. The Labute approximate surface area is 143 Å². The molecule has 1 fully saturated rings. The summed E-state index contributed by atoms with van der Waals surface area (Å²) in [5.41, 5.74) is -0.356. The van der Waals surface area contributed by atoms with Gasteiger partial charge in [0.25, 0.3) is 0 Å². The number of hydrogen-bond acceptors (Lipinski definition) is 3. The van der Waals surface area contributed by atoms with Crippen LogP contribution in [0, 0.1) is 11.3 Å². The summed E-state index contributed by atoms with van der Waals surface area (Å²) in [4.78, 5) is 11.9. The zero-order valence-corrected chi connectivity index (χ0v) is 16.5. The predicted octanol–water partition coefficient (Wildman–Crippen LogP) is 4.48. The van der Waals surface area contributed by atoms with Crippen LogP contribution in [-0.2, 0) is 4.74 Å². The number of ether oxygens (including phenoxy) is 1. The van der Waals surface area contributed by atoms with E-state index in [1.165, 1.54) is 25.7 Å². The SMILES string of the molecule is CC(C)(CNC1CCC(C(C)(C)C)CC1)NC(=O)OC(C)(C)C. The fourth-order valence-corrected chi connectivity index (χ4v) is 3.19. The summed E-state index contributed by atoms with van der Waals surface area (Å²) in [6, 6.07) is 0.563. The summed E-state index contributed by atoms with van der Waals surface area (Å²) in [6.45, 7) is 17.5. The molecule has 0 spiro atoms. The highest BCUT2D eigenvalue weighted by Gasteiger charge is 2.31. The van der Waals surface area contributed by atoms with E-state index >= 15 is 0 Å². The van der Waals surface area contributed by atoms with Crippen LogP contribution in [0.3, 0.4) is 0 Å². The molecule has 1 amide bonds. The van der Waals surface area contributed by atoms with Gasteiger partial charge in [0, 0.05) is 12.6 Å². The molecule has 4 heteroatoms. The zero-order valence-electron chi connectivity index (χ0n) is 16.5. The van der Waals surface area contributed by atoms with Crippen LogP contribution in [0.2, 0.25) is 0 Å². The Kier molecular flexibility index (Phi) is 6.54. The third-order valence-electron chi connectivity index (χ3n) is 4.62. The van der Waals surface area contributed by atoms with Gasteiger partial charge in [-0.3, -0.25) is 0 Å². The quantitative estimate of drug-likeness (QED) is 0.800. The predicted molar refractivity (Wildman–Crippen MR) is 96.7 cm³/mol. The van der Waals surface area contributed by atoms with E-state index in [0.717, 1.165) is 12.5 Å². The summed E-state index contributed by atoms with van der Waals surface area (Å²) >= 11 is 0. The van der Waals surface area contributed by atoms with E-state index in [-0.39, 0.29) is 11.6 Å². The van der Waals surface area contributed by atoms with Crippen molar-refractivity contribution in [2.45, 2.75) is 98.3 Å². The Morgan fingerprint density at radius 1 is 0.957 bits per heavy atom. The Bertz CT molecular complexity index is 383. The smallest absolute Gasteiger partial charge is 0.408 e. The number of hydrogen-bond donors (Lipinski definition) is 2. The average Bonchev–Trinajstić information content (AvgIpc) is 2.33. The van der Waals surface area contributed by atoms with Crippen molar-refractivity contribution in [3.05, 3.63) is 0 Å². The first-order valence-electron chi connectivity index (χ1n) is 9.03. The van der Waals surface area contributed by atoms with Crippen molar-refractivity contribution in [1.29, 1.82) is 0 Å². The normalized spacial score (nSPS) is 23.5. The van der Waals surface area contributed by atoms with Crippen LogP contribution in [0.4, 0.5) is 4.79 Å². The molecule has 1 aliphatic rings. The molecule has 0 aromatic carbocycles. The van der Waals surface area contributed by atoms with Crippen molar-refractivity contribution in [2.75, 3.05) is 6.54 Å². The molecule has 1 rings (SSSR count). The number of rotatable bonds is 4. The molecule has 2 N–H and O–H groups in total. The molecule has 0 aromatic heterocycles. The first kappa shape index (κ1) is 20.3. The van der Waals surface area contributed by atoms with Gasteiger partial charge >= 0.3 is 6.09 Å². The van der Waals surface area contributed by atoms with E-state index < -0.39 is 5.60 Å². The van der Waals surface area contributed by atoms with Crippen LogP contribution in [0.5, 0.6) is 0 Å². The van der Waals surface area contributed by atoms with E-state index in [9.17, 15) is 4.79 Å². The number of carbonyl (C=O) groups is 1. The summed E-state index contributed by atoms with van der Waals surface area (Å²) in [5, 5.41) is 6.59. The van der Waals surface area contributed by atoms with E-state index in [4.69, 9.17) is 4.74 Å². The monoisotopic (exact) mass is 326 g/mol. The van der Waals surface area contributed by atoms with Crippen molar-refractivity contribution in [2.24, 2.45) is 11.3 Å². The van der Waals surface area contributed by atoms with Crippen LogP contribution in [0.25, 0.3) is 0 Å². The van der Waals surface area contributed by atoms with Gasteiger partial charge in [0.2, 0.25) is 0 Å². The molecular formula is C19H38N2O2. The van der Waals surface area contributed by atoms with E-state index in [2.05, 4.69) is 31.4 Å². The number of carbonyl (C=O) groups excluding carboxylic acids is 1. The maximum atomic E-state index is 11.9. The highest BCUT2D eigenvalue weighted by atomic mass is 16.6. The minimum atomic E-state index is -0.459. The molecular weight excluding hydrogens is 288 g/mol. The standard InChI is InChI=1S/C19H38N2O2/c1-17(2,3)14-9-11-15(12-10-14)20-13-19(7,8)21-16(22)23-18(4,5)6/h14-15,20H,9-13H2,1-8H3,(H,21,22). The lowest BCUT2D eigenvalue weighted by Gasteiger charge is -2.38. The van der Waals surface area contributed by atoms with Crippen LogP contribution >= 0.6 is 0 Å². The van der Waals surface area contributed by atoms with Crippen LogP contribution in [0.1, 0.15) is 81.1 Å². The maximum absolute atomic E-state index is 11.9. The first-order chi connectivity index (χ1) is 10.3. The Morgan fingerprint density at radius 3 is 1.91 bits per heavy atom. The molecule has 0 heterocycles. The van der Waals surface area contributed by atoms with Crippen molar-refractivity contribution in [3.63, 3.8) is 0 Å². The second kappa shape index (κ2) is 7.42. The molecule has 1 saturated carbocycles. The van der Waals surface area contributed by atoms with Gasteiger partial charge in [-0.05, 0) is 71.6 Å². The summed E-state index contributed by atoms with van der Waals surface area (Å²) < 4.78 is 5.34. The second-order valence-corrected chi connectivity index (χ2v) is 9.81. The van der Waals surface area contributed by atoms with Gasteiger partial charge in [-0.25, -0.2) is 4.79 Å². The van der Waals surface area contributed by atoms with E-state index in [0.29, 0.717) is 11.5 Å². The molecule has 136 valence electrons. The first-order valence-corrected chi connectivity index (χ1v) is 9.03. The van der Waals surface area contributed by atoms with Crippen LogP contribution in [-0.4, -0.2) is 29.8 Å². The Hall–Kier alpha value is -0.770. The van der Waals surface area contributed by atoms with Crippen LogP contribution in [0.15, 0.2) is 0 Å². The summed E-state index contributed by atoms with van der Waals surface area (Å²) in [6.07, 6.45) is 4.69. The zero-order chi connectivity index (χ0) is 17.9. The molecule has 4 nitrogen and oxygen atoms in total. The lowest BCUT2D eigenvalue weighted by atomic mass is 9.71. The minimum absolute atomic E-state index is 0.316. The summed E-state index contributed by atoms with van der Waals surface area (Å²) in [5.74, 6) is 0.827. The molecule has 0 unspecified atom stereocenters.